The maximum atomic E-state index is 13.0. The van der Waals surface area contributed by atoms with Crippen molar-refractivity contribution in [2.24, 2.45) is 5.16 Å². The standard InChI is InChI=1S/C19H22F3N3O3/c20-19(21,22)15-3-1-2-14(12-15)16-13-18(28-23-16)4-6-24(7-5-18)17(26)25-8-10-27-11-9-25/h1-3,12H,4-11,13H2. The first-order valence-corrected chi connectivity index (χ1v) is 9.41. The van der Waals surface area contributed by atoms with E-state index in [1.807, 2.05) is 4.90 Å². The van der Waals surface area contributed by atoms with Crippen molar-refractivity contribution in [2.45, 2.75) is 31.0 Å². The molecular formula is C19H22F3N3O3. The van der Waals surface area contributed by atoms with Crippen molar-refractivity contribution >= 4 is 11.7 Å². The number of carbonyl (C=O) groups is 1. The van der Waals surface area contributed by atoms with E-state index >= 15 is 0 Å². The maximum Gasteiger partial charge on any atom is 0.416 e. The molecule has 0 bridgehead atoms. The summed E-state index contributed by atoms with van der Waals surface area (Å²) in [5.41, 5.74) is -0.275. The van der Waals surface area contributed by atoms with Crippen LogP contribution in [-0.2, 0) is 15.8 Å². The smallest absolute Gasteiger partial charge is 0.388 e. The third-order valence-electron chi connectivity index (χ3n) is 5.59. The average molecular weight is 397 g/mol. The van der Waals surface area contributed by atoms with E-state index in [1.165, 1.54) is 6.07 Å². The van der Waals surface area contributed by atoms with E-state index in [4.69, 9.17) is 9.57 Å². The lowest BCUT2D eigenvalue weighted by Crippen LogP contribution is -2.53. The molecule has 2 amide bonds. The monoisotopic (exact) mass is 397 g/mol. The van der Waals surface area contributed by atoms with E-state index in [-0.39, 0.29) is 6.03 Å². The minimum absolute atomic E-state index is 0.00941. The Kier molecular flexibility index (Phi) is 4.95. The first-order chi connectivity index (χ1) is 13.4. The number of oxime groups is 1. The fourth-order valence-electron chi connectivity index (χ4n) is 3.88. The van der Waals surface area contributed by atoms with Gasteiger partial charge in [0.15, 0.2) is 0 Å². The number of amides is 2. The fourth-order valence-corrected chi connectivity index (χ4v) is 3.88. The molecule has 0 atom stereocenters. The predicted octanol–water partition coefficient (Wildman–Crippen LogP) is 3.12. The van der Waals surface area contributed by atoms with Crippen molar-refractivity contribution < 1.29 is 27.5 Å². The van der Waals surface area contributed by atoms with Crippen molar-refractivity contribution in [3.8, 4) is 0 Å². The number of hydrogen-bond donors (Lipinski definition) is 0. The third kappa shape index (κ3) is 3.80. The van der Waals surface area contributed by atoms with Gasteiger partial charge >= 0.3 is 12.2 Å². The van der Waals surface area contributed by atoms with Gasteiger partial charge in [-0.05, 0) is 12.1 Å². The largest absolute Gasteiger partial charge is 0.416 e. The fraction of sp³-hybridized carbons (Fsp3) is 0.579. The Morgan fingerprint density at radius 2 is 1.75 bits per heavy atom. The molecule has 0 radical (unpaired) electrons. The number of halogens is 3. The van der Waals surface area contributed by atoms with Gasteiger partial charge in [-0.3, -0.25) is 0 Å². The lowest BCUT2D eigenvalue weighted by Gasteiger charge is -2.40. The van der Waals surface area contributed by atoms with Gasteiger partial charge in [0.25, 0.3) is 0 Å². The van der Waals surface area contributed by atoms with Crippen molar-refractivity contribution in [3.05, 3.63) is 35.4 Å². The van der Waals surface area contributed by atoms with Gasteiger partial charge in [-0.2, -0.15) is 13.2 Å². The van der Waals surface area contributed by atoms with Crippen LogP contribution in [0.25, 0.3) is 0 Å². The number of benzene rings is 1. The molecule has 0 aromatic heterocycles. The summed E-state index contributed by atoms with van der Waals surface area (Å²) in [5.74, 6) is 0. The molecule has 152 valence electrons. The molecule has 2 saturated heterocycles. The Bertz CT molecular complexity index is 767. The van der Waals surface area contributed by atoms with Gasteiger partial charge in [-0.1, -0.05) is 17.3 Å². The second-order valence-electron chi connectivity index (χ2n) is 7.44. The van der Waals surface area contributed by atoms with Crippen LogP contribution in [-0.4, -0.2) is 66.5 Å². The summed E-state index contributed by atoms with van der Waals surface area (Å²) in [6.07, 6.45) is -2.73. The van der Waals surface area contributed by atoms with Crippen LogP contribution >= 0.6 is 0 Å². The van der Waals surface area contributed by atoms with Gasteiger partial charge in [-0.25, -0.2) is 4.79 Å². The van der Waals surface area contributed by atoms with Crippen LogP contribution in [0.4, 0.5) is 18.0 Å². The summed E-state index contributed by atoms with van der Waals surface area (Å²) >= 11 is 0. The zero-order chi connectivity index (χ0) is 19.8. The van der Waals surface area contributed by atoms with Crippen LogP contribution in [0.5, 0.6) is 0 Å². The quantitative estimate of drug-likeness (QED) is 0.732. The molecule has 2 fully saturated rings. The molecule has 0 unspecified atom stereocenters. The summed E-state index contributed by atoms with van der Waals surface area (Å²) in [5, 5.41) is 4.08. The molecule has 3 aliphatic heterocycles. The number of piperidine rings is 1. The molecule has 1 spiro atoms. The third-order valence-corrected chi connectivity index (χ3v) is 5.59. The Balaban J connectivity index is 1.37. The maximum absolute atomic E-state index is 13.0. The van der Waals surface area contributed by atoms with E-state index in [0.717, 1.165) is 12.1 Å². The molecule has 3 aliphatic rings. The van der Waals surface area contributed by atoms with Gasteiger partial charge < -0.3 is 19.4 Å². The lowest BCUT2D eigenvalue weighted by atomic mass is 9.85. The van der Waals surface area contributed by atoms with Crippen LogP contribution in [0.2, 0.25) is 0 Å². The molecule has 0 saturated carbocycles. The summed E-state index contributed by atoms with van der Waals surface area (Å²) in [6, 6.07) is 5.17. The lowest BCUT2D eigenvalue weighted by molar-refractivity contribution is -0.137. The number of rotatable bonds is 1. The molecule has 1 aromatic rings. The minimum Gasteiger partial charge on any atom is -0.388 e. The number of hydrogen-bond acceptors (Lipinski definition) is 4. The van der Waals surface area contributed by atoms with Crippen molar-refractivity contribution in [2.75, 3.05) is 39.4 Å². The topological polar surface area (TPSA) is 54.4 Å². The number of ether oxygens (including phenoxy) is 1. The normalized spacial score (nSPS) is 22.2. The molecule has 0 aliphatic carbocycles. The average Bonchev–Trinajstić information content (AvgIpc) is 3.12. The summed E-state index contributed by atoms with van der Waals surface area (Å²) in [6.45, 7) is 3.39. The first kappa shape index (κ1) is 19.0. The predicted molar refractivity (Wildman–Crippen MR) is 95.0 cm³/mol. The highest BCUT2D eigenvalue weighted by molar-refractivity contribution is 6.01. The van der Waals surface area contributed by atoms with E-state index in [2.05, 4.69) is 5.16 Å². The number of likely N-dealkylation sites (tertiary alicyclic amines) is 1. The van der Waals surface area contributed by atoms with Gasteiger partial charge in [-0.15, -0.1) is 0 Å². The minimum atomic E-state index is -4.39. The summed E-state index contributed by atoms with van der Waals surface area (Å²) < 4.78 is 44.1. The highest BCUT2D eigenvalue weighted by atomic mass is 19.4. The first-order valence-electron chi connectivity index (χ1n) is 9.41. The number of alkyl halides is 3. The molecule has 28 heavy (non-hydrogen) atoms. The molecule has 0 N–H and O–H groups in total. The van der Waals surface area contributed by atoms with Crippen LogP contribution in [0.3, 0.4) is 0 Å². The number of nitrogens with zero attached hydrogens (tertiary/aromatic N) is 3. The van der Waals surface area contributed by atoms with Gasteiger partial charge in [0.05, 0.1) is 24.5 Å². The van der Waals surface area contributed by atoms with Crippen molar-refractivity contribution in [1.82, 2.24) is 9.80 Å². The van der Waals surface area contributed by atoms with Crippen molar-refractivity contribution in [3.63, 3.8) is 0 Å². The molecule has 9 heteroatoms. The Morgan fingerprint density at radius 3 is 2.43 bits per heavy atom. The van der Waals surface area contributed by atoms with Crippen LogP contribution in [0, 0.1) is 0 Å². The number of carbonyl (C=O) groups excluding carboxylic acids is 1. The second-order valence-corrected chi connectivity index (χ2v) is 7.44. The van der Waals surface area contributed by atoms with Gasteiger partial charge in [0.1, 0.15) is 5.60 Å². The summed E-state index contributed by atoms with van der Waals surface area (Å²) in [4.78, 5) is 21.9. The summed E-state index contributed by atoms with van der Waals surface area (Å²) in [7, 11) is 0. The zero-order valence-electron chi connectivity index (χ0n) is 15.4. The molecular weight excluding hydrogens is 375 g/mol. The molecule has 3 heterocycles. The molecule has 6 nitrogen and oxygen atoms in total. The highest BCUT2D eigenvalue weighted by Gasteiger charge is 2.44. The van der Waals surface area contributed by atoms with Crippen LogP contribution in [0.1, 0.15) is 30.4 Å². The second kappa shape index (κ2) is 7.27. The zero-order valence-corrected chi connectivity index (χ0v) is 15.4. The highest BCUT2D eigenvalue weighted by Crippen LogP contribution is 2.37. The number of urea groups is 1. The van der Waals surface area contributed by atoms with E-state index in [9.17, 15) is 18.0 Å². The number of morpholine rings is 1. The van der Waals surface area contributed by atoms with E-state index in [0.29, 0.717) is 69.9 Å². The SMILES string of the molecule is O=C(N1CCOCC1)N1CCC2(CC1)CC(c1cccc(C(F)(F)F)c1)=NO2. The van der Waals surface area contributed by atoms with E-state index in [1.54, 1.807) is 11.0 Å². The van der Waals surface area contributed by atoms with Gasteiger partial charge in [0.2, 0.25) is 0 Å². The molecule has 4 rings (SSSR count). The Labute approximate surface area is 160 Å². The van der Waals surface area contributed by atoms with E-state index < -0.39 is 17.3 Å². The van der Waals surface area contributed by atoms with Crippen LogP contribution < -0.4 is 0 Å². The Hall–Kier alpha value is -2.29. The molecule has 1 aromatic carbocycles. The Morgan fingerprint density at radius 1 is 1.07 bits per heavy atom. The van der Waals surface area contributed by atoms with Crippen LogP contribution in [0.15, 0.2) is 29.4 Å². The van der Waals surface area contributed by atoms with Crippen molar-refractivity contribution in [1.29, 1.82) is 0 Å². The van der Waals surface area contributed by atoms with Gasteiger partial charge in [0, 0.05) is 51.0 Å².